The predicted molar refractivity (Wildman–Crippen MR) is 140 cm³/mol. The van der Waals surface area contributed by atoms with E-state index in [0.29, 0.717) is 39.0 Å². The average molecular weight is 499 g/mol. The van der Waals surface area contributed by atoms with E-state index >= 15 is 0 Å². The molecule has 0 radical (unpaired) electrons. The zero-order valence-corrected chi connectivity index (χ0v) is 21.1. The summed E-state index contributed by atoms with van der Waals surface area (Å²) in [5, 5.41) is 1.60. The Morgan fingerprint density at radius 1 is 0.758 bits per heavy atom. The minimum absolute atomic E-state index is 0.206. The summed E-state index contributed by atoms with van der Waals surface area (Å²) < 4.78 is 2.30. The van der Waals surface area contributed by atoms with Crippen LogP contribution < -0.4 is 0 Å². The molecule has 6 nitrogen and oxygen atoms in total. The molecular weight excluding hydrogens is 472 g/mol. The third kappa shape index (κ3) is 5.90. The predicted octanol–water partition coefficient (Wildman–Crippen LogP) is 6.31. The summed E-state index contributed by atoms with van der Waals surface area (Å²) in [6, 6.07) is 16.1. The topological polar surface area (TPSA) is 66.4 Å². The summed E-state index contributed by atoms with van der Waals surface area (Å²) in [7, 11) is 0. The first-order valence-electron chi connectivity index (χ1n) is 11.0. The zero-order chi connectivity index (χ0) is 23.2. The van der Waals surface area contributed by atoms with E-state index in [1.807, 2.05) is 50.2 Å². The van der Waals surface area contributed by atoms with Crippen molar-refractivity contribution in [2.45, 2.75) is 26.7 Å². The van der Waals surface area contributed by atoms with E-state index in [9.17, 15) is 9.59 Å². The lowest BCUT2D eigenvalue weighted by Crippen LogP contribution is -2.34. The number of fused-ring (bicyclic) bond motifs is 2. The van der Waals surface area contributed by atoms with Crippen molar-refractivity contribution in [1.29, 1.82) is 0 Å². The van der Waals surface area contributed by atoms with E-state index in [1.165, 1.54) is 0 Å². The van der Waals surface area contributed by atoms with Crippen LogP contribution >= 0.6 is 34.4 Å². The number of amides is 2. The molecule has 0 aliphatic carbocycles. The number of rotatable bonds is 8. The molecule has 2 aromatic carbocycles. The molecule has 0 spiro atoms. The number of carbonyl (C=O) groups is 2. The third-order valence-electron chi connectivity index (χ3n) is 5.32. The molecule has 0 fully saturated rings. The second-order valence-electron chi connectivity index (χ2n) is 7.44. The molecule has 4 aromatic rings. The number of nitrogens with zero attached hydrogens (tertiary/aromatic N) is 4. The normalized spacial score (nSPS) is 11.2. The quantitative estimate of drug-likeness (QED) is 0.285. The van der Waals surface area contributed by atoms with Gasteiger partial charge in [-0.15, -0.1) is 22.7 Å². The van der Waals surface area contributed by atoms with Crippen LogP contribution in [-0.2, 0) is 12.8 Å². The molecule has 2 amide bonds. The van der Waals surface area contributed by atoms with Crippen molar-refractivity contribution in [3.05, 3.63) is 58.5 Å². The van der Waals surface area contributed by atoms with Crippen molar-refractivity contribution in [3.8, 4) is 0 Å². The summed E-state index contributed by atoms with van der Waals surface area (Å²) in [6.45, 7) is 6.09. The number of para-hydroxylation sites is 2. The number of benzene rings is 2. The summed E-state index contributed by atoms with van der Waals surface area (Å²) in [6.07, 6.45) is 1.37. The van der Waals surface area contributed by atoms with Crippen LogP contribution in [0.5, 0.6) is 0 Å². The number of hydrogen-bond donors (Lipinski definition) is 0. The molecule has 0 aliphatic rings. The van der Waals surface area contributed by atoms with Gasteiger partial charge in [-0.05, 0) is 38.1 Å². The van der Waals surface area contributed by atoms with Crippen LogP contribution in [0.1, 0.15) is 23.9 Å². The minimum Gasteiger partial charge on any atom is -0.333 e. The first kappa shape index (κ1) is 23.7. The van der Waals surface area contributed by atoms with Crippen LogP contribution in [0.25, 0.3) is 20.4 Å². The van der Waals surface area contributed by atoms with Crippen molar-refractivity contribution in [3.63, 3.8) is 0 Å². The molecule has 33 heavy (non-hydrogen) atoms. The standard InChI is InChI=1S/C24H26N4O2S3/c1-3-27(15-13-21-25-17-9-5-7-11-19(17)31-21)23(29)33-24(30)28(4-2)16-14-22-26-18-10-6-8-12-20(18)32-22/h5-12H,3-4,13-16H2,1-2H3. The van der Waals surface area contributed by atoms with Crippen molar-refractivity contribution in [2.24, 2.45) is 0 Å². The monoisotopic (exact) mass is 498 g/mol. The van der Waals surface area contributed by atoms with Gasteiger partial charge in [0.1, 0.15) is 0 Å². The fourth-order valence-electron chi connectivity index (χ4n) is 3.48. The van der Waals surface area contributed by atoms with E-state index in [1.54, 1.807) is 32.5 Å². The maximum atomic E-state index is 12.8. The Balaban J connectivity index is 1.30. The first-order chi connectivity index (χ1) is 16.1. The van der Waals surface area contributed by atoms with Gasteiger partial charge in [0.05, 0.1) is 30.4 Å². The van der Waals surface area contributed by atoms with Crippen LogP contribution in [0, 0.1) is 0 Å². The Morgan fingerprint density at radius 2 is 1.18 bits per heavy atom. The van der Waals surface area contributed by atoms with Gasteiger partial charge in [0, 0.05) is 50.8 Å². The van der Waals surface area contributed by atoms with Gasteiger partial charge in [-0.3, -0.25) is 9.59 Å². The highest BCUT2D eigenvalue weighted by Gasteiger charge is 2.22. The number of thioether (sulfide) groups is 1. The SMILES string of the molecule is CCN(CCc1nc2ccccc2s1)C(=O)SC(=O)N(CC)CCc1nc2ccccc2s1. The highest BCUT2D eigenvalue weighted by Crippen LogP contribution is 2.24. The van der Waals surface area contributed by atoms with Gasteiger partial charge in [-0.2, -0.15) is 0 Å². The molecule has 0 unspecified atom stereocenters. The minimum atomic E-state index is -0.206. The number of thiazole rings is 2. The highest BCUT2D eigenvalue weighted by atomic mass is 32.2. The molecule has 2 heterocycles. The maximum Gasteiger partial charge on any atom is 0.291 e. The van der Waals surface area contributed by atoms with Gasteiger partial charge in [-0.1, -0.05) is 24.3 Å². The van der Waals surface area contributed by atoms with E-state index in [4.69, 9.17) is 0 Å². The third-order valence-corrected chi connectivity index (χ3v) is 8.38. The maximum absolute atomic E-state index is 12.8. The summed E-state index contributed by atoms with van der Waals surface area (Å²) in [5.74, 6) is 0. The van der Waals surface area contributed by atoms with Crippen molar-refractivity contribution < 1.29 is 9.59 Å². The second kappa shape index (κ2) is 11.1. The smallest absolute Gasteiger partial charge is 0.291 e. The van der Waals surface area contributed by atoms with Gasteiger partial charge in [0.25, 0.3) is 10.5 Å². The largest absolute Gasteiger partial charge is 0.333 e. The van der Waals surface area contributed by atoms with Gasteiger partial charge >= 0.3 is 0 Å². The van der Waals surface area contributed by atoms with E-state index in [-0.39, 0.29) is 10.5 Å². The summed E-state index contributed by atoms with van der Waals surface area (Å²) in [5.41, 5.74) is 1.98. The Morgan fingerprint density at radius 3 is 1.58 bits per heavy atom. The summed E-state index contributed by atoms with van der Waals surface area (Å²) in [4.78, 5) is 38.3. The molecular formula is C24H26N4O2S3. The van der Waals surface area contributed by atoms with Gasteiger partial charge in [0.15, 0.2) is 0 Å². The first-order valence-corrected chi connectivity index (χ1v) is 13.5. The van der Waals surface area contributed by atoms with Crippen molar-refractivity contribution >= 4 is 65.3 Å². The van der Waals surface area contributed by atoms with E-state index in [2.05, 4.69) is 22.1 Å². The lowest BCUT2D eigenvalue weighted by atomic mass is 10.3. The Bertz CT molecular complexity index is 1090. The molecule has 0 bridgehead atoms. The Hall–Kier alpha value is -2.49. The van der Waals surface area contributed by atoms with E-state index in [0.717, 1.165) is 42.2 Å². The number of hydrogen-bond acceptors (Lipinski definition) is 7. The van der Waals surface area contributed by atoms with Crippen molar-refractivity contribution in [1.82, 2.24) is 19.8 Å². The van der Waals surface area contributed by atoms with Crippen LogP contribution in [0.3, 0.4) is 0 Å². The van der Waals surface area contributed by atoms with Crippen LogP contribution in [0.15, 0.2) is 48.5 Å². The number of likely N-dealkylation sites (N-methyl/N-ethyl adjacent to an activating group) is 2. The molecule has 0 saturated heterocycles. The molecule has 4 rings (SSSR count). The molecule has 0 saturated carbocycles. The zero-order valence-electron chi connectivity index (χ0n) is 18.7. The molecule has 0 atom stereocenters. The lowest BCUT2D eigenvalue weighted by Gasteiger charge is -2.23. The van der Waals surface area contributed by atoms with Crippen LogP contribution in [-0.4, -0.2) is 56.4 Å². The van der Waals surface area contributed by atoms with Crippen LogP contribution in [0.4, 0.5) is 9.59 Å². The van der Waals surface area contributed by atoms with Crippen molar-refractivity contribution in [2.75, 3.05) is 26.2 Å². The Labute approximate surface area is 205 Å². The Kier molecular flexibility index (Phi) is 7.95. The molecule has 0 N–H and O–H groups in total. The van der Waals surface area contributed by atoms with Gasteiger partial charge in [0.2, 0.25) is 0 Å². The fourth-order valence-corrected chi connectivity index (χ4v) is 6.24. The molecule has 172 valence electrons. The average Bonchev–Trinajstić information content (AvgIpc) is 3.43. The van der Waals surface area contributed by atoms with Crippen LogP contribution in [0.2, 0.25) is 0 Å². The van der Waals surface area contributed by atoms with Gasteiger partial charge < -0.3 is 9.80 Å². The fraction of sp³-hybridized carbons (Fsp3) is 0.333. The summed E-state index contributed by atoms with van der Waals surface area (Å²) >= 11 is 4.09. The lowest BCUT2D eigenvalue weighted by molar-refractivity contribution is 0.221. The second-order valence-corrected chi connectivity index (χ2v) is 10.6. The molecule has 0 aliphatic heterocycles. The molecule has 2 aromatic heterocycles. The highest BCUT2D eigenvalue weighted by molar-refractivity contribution is 8.25. The number of carbonyl (C=O) groups excluding carboxylic acids is 2. The number of aromatic nitrogens is 2. The van der Waals surface area contributed by atoms with E-state index < -0.39 is 0 Å². The van der Waals surface area contributed by atoms with Gasteiger partial charge in [-0.25, -0.2) is 9.97 Å². The molecule has 9 heteroatoms.